The molecule has 0 nitrogen and oxygen atoms in total. The molecule has 4 aliphatic rings. The molecule has 0 aliphatic heterocycles. The van der Waals surface area contributed by atoms with Crippen LogP contribution in [-0.4, -0.2) is 0 Å². The second-order valence-electron chi connectivity index (χ2n) is 7.09. The van der Waals surface area contributed by atoms with Crippen LogP contribution in [0, 0.1) is 11.3 Å². The Morgan fingerprint density at radius 3 is 1.73 bits per heavy atom. The van der Waals surface area contributed by atoms with E-state index in [0.29, 0.717) is 5.41 Å². The Morgan fingerprint density at radius 1 is 0.727 bits per heavy atom. The van der Waals surface area contributed by atoms with E-state index in [0.717, 1.165) is 5.92 Å². The summed E-state index contributed by atoms with van der Waals surface area (Å²) in [7, 11) is 0. The Labute approximate surface area is 134 Å². The molecule has 0 N–H and O–H groups in total. The normalized spacial score (nSPS) is 29.5. The first-order chi connectivity index (χ1) is 10.9. The lowest BCUT2D eigenvalue weighted by Crippen LogP contribution is -2.45. The van der Waals surface area contributed by atoms with E-state index in [1.54, 1.807) is 16.7 Å². The highest BCUT2D eigenvalue weighted by Gasteiger charge is 2.52. The Bertz CT molecular complexity index is 586. The van der Waals surface area contributed by atoms with Crippen LogP contribution in [0.1, 0.15) is 51.4 Å². The van der Waals surface area contributed by atoms with Crippen molar-refractivity contribution in [3.63, 3.8) is 0 Å². The molecule has 22 heavy (non-hydrogen) atoms. The second kappa shape index (κ2) is 5.91. The smallest absolute Gasteiger partial charge is 0.0192 e. The summed E-state index contributed by atoms with van der Waals surface area (Å²) in [5.41, 5.74) is 5.48. The minimum absolute atomic E-state index is 0.354. The van der Waals surface area contributed by atoms with Crippen LogP contribution >= 0.6 is 0 Å². The maximum absolute atomic E-state index is 2.44. The molecule has 0 bridgehead atoms. The molecule has 4 aliphatic carbocycles. The topological polar surface area (TPSA) is 0 Å². The van der Waals surface area contributed by atoms with Gasteiger partial charge < -0.3 is 0 Å². The first-order valence-electron chi connectivity index (χ1n) is 8.99. The van der Waals surface area contributed by atoms with Gasteiger partial charge in [0.1, 0.15) is 0 Å². The molecule has 0 aromatic carbocycles. The van der Waals surface area contributed by atoms with Crippen LogP contribution in [0.5, 0.6) is 0 Å². The van der Waals surface area contributed by atoms with E-state index in [2.05, 4.69) is 54.7 Å². The van der Waals surface area contributed by atoms with Gasteiger partial charge in [0.25, 0.3) is 0 Å². The van der Waals surface area contributed by atoms with Crippen molar-refractivity contribution in [1.29, 1.82) is 0 Å². The van der Waals surface area contributed by atoms with Gasteiger partial charge in [-0.15, -0.1) is 0 Å². The summed E-state index contributed by atoms with van der Waals surface area (Å²) in [6.07, 6.45) is 31.3. The molecule has 1 unspecified atom stereocenters. The SMILES string of the molecule is C1=CCCC(C2CCC2(C2=CC=CCC2)C2=CC=CCC2)=C1. The van der Waals surface area contributed by atoms with Gasteiger partial charge in [-0.05, 0) is 57.3 Å². The average molecular weight is 290 g/mol. The van der Waals surface area contributed by atoms with Crippen molar-refractivity contribution in [2.24, 2.45) is 11.3 Å². The molecule has 1 saturated carbocycles. The molecule has 1 fully saturated rings. The third-order valence-electron chi connectivity index (χ3n) is 6.09. The quantitative estimate of drug-likeness (QED) is 0.579. The lowest BCUT2D eigenvalue weighted by atomic mass is 9.48. The fourth-order valence-electron chi connectivity index (χ4n) is 4.91. The molecule has 0 aromatic heterocycles. The van der Waals surface area contributed by atoms with Crippen molar-refractivity contribution in [3.05, 3.63) is 71.4 Å². The van der Waals surface area contributed by atoms with Gasteiger partial charge in [-0.3, -0.25) is 0 Å². The van der Waals surface area contributed by atoms with Crippen LogP contribution in [-0.2, 0) is 0 Å². The maximum Gasteiger partial charge on any atom is 0.0192 e. The van der Waals surface area contributed by atoms with E-state index in [4.69, 9.17) is 0 Å². The summed E-state index contributed by atoms with van der Waals surface area (Å²) >= 11 is 0. The first kappa shape index (κ1) is 14.1. The number of hydrogen-bond donors (Lipinski definition) is 0. The summed E-state index contributed by atoms with van der Waals surface area (Å²) in [6.45, 7) is 0. The zero-order valence-corrected chi connectivity index (χ0v) is 13.4. The summed E-state index contributed by atoms with van der Waals surface area (Å²) in [5.74, 6) is 0.757. The highest BCUT2D eigenvalue weighted by Crippen LogP contribution is 2.62. The van der Waals surface area contributed by atoms with Crippen LogP contribution in [0.15, 0.2) is 71.4 Å². The van der Waals surface area contributed by atoms with Crippen molar-refractivity contribution in [3.8, 4) is 0 Å². The van der Waals surface area contributed by atoms with E-state index in [9.17, 15) is 0 Å². The highest BCUT2D eigenvalue weighted by atomic mass is 14.5. The molecular weight excluding hydrogens is 264 g/mol. The molecule has 1 atom stereocenters. The molecule has 0 spiro atoms. The van der Waals surface area contributed by atoms with Crippen LogP contribution in [0.4, 0.5) is 0 Å². The summed E-state index contributed by atoms with van der Waals surface area (Å²) in [5, 5.41) is 0. The lowest BCUT2D eigenvalue weighted by molar-refractivity contribution is 0.132. The van der Waals surface area contributed by atoms with E-state index in [1.165, 1.54) is 51.4 Å². The van der Waals surface area contributed by atoms with Gasteiger partial charge in [-0.1, -0.05) is 71.4 Å². The second-order valence-corrected chi connectivity index (χ2v) is 7.09. The largest absolute Gasteiger partial charge is 0.0842 e. The van der Waals surface area contributed by atoms with Crippen LogP contribution in [0.3, 0.4) is 0 Å². The predicted octanol–water partition coefficient (Wildman–Crippen LogP) is 6.21. The van der Waals surface area contributed by atoms with Crippen molar-refractivity contribution in [1.82, 2.24) is 0 Å². The molecule has 0 heterocycles. The number of hydrogen-bond acceptors (Lipinski definition) is 0. The molecule has 0 radical (unpaired) electrons. The zero-order chi connectivity index (χ0) is 14.8. The van der Waals surface area contributed by atoms with Crippen molar-refractivity contribution in [2.75, 3.05) is 0 Å². The van der Waals surface area contributed by atoms with Gasteiger partial charge >= 0.3 is 0 Å². The number of rotatable bonds is 3. The van der Waals surface area contributed by atoms with E-state index in [-0.39, 0.29) is 0 Å². The van der Waals surface area contributed by atoms with Gasteiger partial charge in [-0.25, -0.2) is 0 Å². The Kier molecular flexibility index (Phi) is 3.78. The van der Waals surface area contributed by atoms with Crippen LogP contribution in [0.2, 0.25) is 0 Å². The predicted molar refractivity (Wildman–Crippen MR) is 94.5 cm³/mol. The van der Waals surface area contributed by atoms with Crippen molar-refractivity contribution in [2.45, 2.75) is 51.4 Å². The van der Waals surface area contributed by atoms with Crippen LogP contribution in [0.25, 0.3) is 0 Å². The monoisotopic (exact) mass is 290 g/mol. The van der Waals surface area contributed by atoms with Crippen molar-refractivity contribution < 1.29 is 0 Å². The van der Waals surface area contributed by atoms with E-state index < -0.39 is 0 Å². The Balaban J connectivity index is 1.75. The summed E-state index contributed by atoms with van der Waals surface area (Å²) < 4.78 is 0. The Hall–Kier alpha value is -1.56. The molecule has 0 aromatic rings. The first-order valence-corrected chi connectivity index (χ1v) is 8.99. The lowest BCUT2D eigenvalue weighted by Gasteiger charge is -2.55. The Morgan fingerprint density at radius 2 is 1.32 bits per heavy atom. The summed E-state index contributed by atoms with van der Waals surface area (Å²) in [4.78, 5) is 0. The minimum Gasteiger partial charge on any atom is -0.0842 e. The van der Waals surface area contributed by atoms with Crippen LogP contribution < -0.4 is 0 Å². The van der Waals surface area contributed by atoms with Gasteiger partial charge in [-0.2, -0.15) is 0 Å². The standard InChI is InChI=1S/C22H26/c1-4-10-18(11-5-1)21-16-17-22(21,19-12-6-2-7-13-19)20-14-8-3-9-15-20/h1-4,6,8,10,12,14,21H,5,7,9,11,13,15-17H2. The molecular formula is C22H26. The number of allylic oxidation sites excluding steroid dienone is 12. The zero-order valence-electron chi connectivity index (χ0n) is 13.4. The van der Waals surface area contributed by atoms with Gasteiger partial charge in [0.2, 0.25) is 0 Å². The molecule has 0 amide bonds. The van der Waals surface area contributed by atoms with E-state index in [1.807, 2.05) is 0 Å². The third-order valence-corrected chi connectivity index (χ3v) is 6.09. The van der Waals surface area contributed by atoms with Crippen molar-refractivity contribution >= 4 is 0 Å². The summed E-state index contributed by atoms with van der Waals surface area (Å²) in [6, 6.07) is 0. The molecule has 0 saturated heterocycles. The third kappa shape index (κ3) is 2.20. The maximum atomic E-state index is 2.44. The molecule has 114 valence electrons. The fraction of sp³-hybridized carbons (Fsp3) is 0.455. The average Bonchev–Trinajstić information content (AvgIpc) is 2.57. The molecule has 4 rings (SSSR count). The minimum atomic E-state index is 0.354. The highest BCUT2D eigenvalue weighted by molar-refractivity contribution is 5.44. The van der Waals surface area contributed by atoms with Gasteiger partial charge in [0, 0.05) is 5.41 Å². The molecule has 0 heteroatoms. The fourth-order valence-corrected chi connectivity index (χ4v) is 4.91. The van der Waals surface area contributed by atoms with E-state index >= 15 is 0 Å². The van der Waals surface area contributed by atoms with Gasteiger partial charge in [0.15, 0.2) is 0 Å². The van der Waals surface area contributed by atoms with Gasteiger partial charge in [0.05, 0.1) is 0 Å².